The average Bonchev–Trinajstić information content (AvgIpc) is 2.77. The van der Waals surface area contributed by atoms with Crippen molar-refractivity contribution in [1.82, 2.24) is 0 Å². The molecule has 4 rings (SSSR count). The van der Waals surface area contributed by atoms with Gasteiger partial charge in [-0.3, -0.25) is 4.79 Å². The van der Waals surface area contributed by atoms with Gasteiger partial charge in [0, 0.05) is 17.7 Å². The number of phenolic OH excluding ortho intramolecular Hbond substituents is 1. The van der Waals surface area contributed by atoms with Crippen molar-refractivity contribution in [2.75, 3.05) is 17.7 Å². The van der Waals surface area contributed by atoms with E-state index in [1.807, 2.05) is 19.1 Å². The van der Waals surface area contributed by atoms with E-state index < -0.39 is 0 Å². The molecule has 0 amide bonds. The SMILES string of the molecule is COc1cc([C@@H]2Nc3cc(C)ccc3NC3=C2C(=O)CC(C)(C)C3)ccc1O. The first-order chi connectivity index (χ1) is 13.3. The van der Waals surface area contributed by atoms with Gasteiger partial charge >= 0.3 is 0 Å². The number of ketones is 1. The first-order valence-corrected chi connectivity index (χ1v) is 9.55. The van der Waals surface area contributed by atoms with Crippen LogP contribution in [-0.4, -0.2) is 18.0 Å². The van der Waals surface area contributed by atoms with E-state index in [4.69, 9.17) is 4.74 Å². The minimum absolute atomic E-state index is 0.0829. The summed E-state index contributed by atoms with van der Waals surface area (Å²) in [5.41, 5.74) is 5.59. The summed E-state index contributed by atoms with van der Waals surface area (Å²) in [6.07, 6.45) is 1.31. The lowest BCUT2D eigenvalue weighted by atomic mass is 9.73. The fourth-order valence-electron chi connectivity index (χ4n) is 4.18. The van der Waals surface area contributed by atoms with Crippen molar-refractivity contribution in [2.45, 2.75) is 39.7 Å². The molecule has 0 bridgehead atoms. The van der Waals surface area contributed by atoms with Gasteiger partial charge in [-0.25, -0.2) is 0 Å². The number of hydrogen-bond acceptors (Lipinski definition) is 5. The fraction of sp³-hybridized carbons (Fsp3) is 0.348. The van der Waals surface area contributed by atoms with Crippen LogP contribution >= 0.6 is 0 Å². The molecule has 28 heavy (non-hydrogen) atoms. The maximum absolute atomic E-state index is 13.2. The lowest BCUT2D eigenvalue weighted by Gasteiger charge is -2.34. The van der Waals surface area contributed by atoms with Gasteiger partial charge in [-0.05, 0) is 54.2 Å². The molecule has 0 spiro atoms. The Labute approximate surface area is 165 Å². The molecule has 0 aromatic heterocycles. The average molecular weight is 378 g/mol. The summed E-state index contributed by atoms with van der Waals surface area (Å²) in [6, 6.07) is 11.1. The van der Waals surface area contributed by atoms with Crippen LogP contribution in [0.2, 0.25) is 0 Å². The molecule has 2 aromatic carbocycles. The molecule has 2 aliphatic rings. The zero-order valence-corrected chi connectivity index (χ0v) is 16.7. The van der Waals surface area contributed by atoms with Crippen LogP contribution in [0.4, 0.5) is 11.4 Å². The van der Waals surface area contributed by atoms with Gasteiger partial charge in [0.15, 0.2) is 17.3 Å². The van der Waals surface area contributed by atoms with Gasteiger partial charge in [0.1, 0.15) is 0 Å². The second kappa shape index (κ2) is 6.59. The number of nitrogens with one attached hydrogen (secondary N) is 2. The third-order valence-corrected chi connectivity index (χ3v) is 5.51. The molecular formula is C23H26N2O3. The minimum Gasteiger partial charge on any atom is -0.504 e. The van der Waals surface area contributed by atoms with E-state index in [1.54, 1.807) is 12.1 Å². The second-order valence-corrected chi connectivity index (χ2v) is 8.52. The van der Waals surface area contributed by atoms with Crippen LogP contribution < -0.4 is 15.4 Å². The number of benzene rings is 2. The van der Waals surface area contributed by atoms with Crippen molar-refractivity contribution in [2.24, 2.45) is 5.41 Å². The van der Waals surface area contributed by atoms with Crippen molar-refractivity contribution in [3.8, 4) is 11.5 Å². The Morgan fingerprint density at radius 2 is 1.89 bits per heavy atom. The number of Topliss-reactive ketones (excluding diaryl/α,β-unsaturated/α-hetero) is 1. The number of carbonyl (C=O) groups excluding carboxylic acids is 1. The maximum Gasteiger partial charge on any atom is 0.163 e. The van der Waals surface area contributed by atoms with E-state index in [0.717, 1.165) is 40.2 Å². The monoisotopic (exact) mass is 378 g/mol. The van der Waals surface area contributed by atoms with Gasteiger partial charge < -0.3 is 20.5 Å². The molecule has 0 fully saturated rings. The highest BCUT2D eigenvalue weighted by Crippen LogP contribution is 2.46. The molecule has 5 nitrogen and oxygen atoms in total. The molecule has 1 aliphatic heterocycles. The Hall–Kier alpha value is -2.95. The Morgan fingerprint density at radius 1 is 1.11 bits per heavy atom. The Balaban J connectivity index is 1.90. The summed E-state index contributed by atoms with van der Waals surface area (Å²) < 4.78 is 5.30. The van der Waals surface area contributed by atoms with Crippen LogP contribution in [0.3, 0.4) is 0 Å². The molecule has 146 valence electrons. The van der Waals surface area contributed by atoms with E-state index in [-0.39, 0.29) is 23.0 Å². The van der Waals surface area contributed by atoms with Gasteiger partial charge in [0.25, 0.3) is 0 Å². The Morgan fingerprint density at radius 3 is 2.64 bits per heavy atom. The van der Waals surface area contributed by atoms with Crippen molar-refractivity contribution in [3.05, 3.63) is 58.8 Å². The van der Waals surface area contributed by atoms with E-state index >= 15 is 0 Å². The standard InChI is InChI=1S/C23H26N2O3/c1-13-5-7-15-16(9-13)25-22(14-6-8-18(26)20(10-14)28-4)21-17(24-15)11-23(2,3)12-19(21)27/h5-10,22,24-26H,11-12H2,1-4H3/t22-/m0/s1. The molecule has 1 heterocycles. The van der Waals surface area contributed by atoms with Gasteiger partial charge in [0.2, 0.25) is 0 Å². The number of carbonyl (C=O) groups is 1. The number of rotatable bonds is 2. The van der Waals surface area contributed by atoms with E-state index in [1.165, 1.54) is 7.11 Å². The molecule has 1 aliphatic carbocycles. The lowest BCUT2D eigenvalue weighted by molar-refractivity contribution is -0.118. The predicted molar refractivity (Wildman–Crippen MR) is 111 cm³/mol. The number of phenols is 1. The molecule has 0 saturated carbocycles. The highest BCUT2D eigenvalue weighted by Gasteiger charge is 2.38. The zero-order valence-electron chi connectivity index (χ0n) is 16.7. The summed E-state index contributed by atoms with van der Waals surface area (Å²) in [4.78, 5) is 13.2. The minimum atomic E-state index is -0.316. The number of ether oxygens (including phenoxy) is 1. The first kappa shape index (κ1) is 18.4. The highest BCUT2D eigenvalue weighted by atomic mass is 16.5. The molecule has 0 radical (unpaired) electrons. The number of anilines is 2. The van der Waals surface area contributed by atoms with Gasteiger partial charge in [-0.2, -0.15) is 0 Å². The molecule has 5 heteroatoms. The fourth-order valence-corrected chi connectivity index (χ4v) is 4.18. The topological polar surface area (TPSA) is 70.6 Å². The Kier molecular flexibility index (Phi) is 4.33. The summed E-state index contributed by atoms with van der Waals surface area (Å²) >= 11 is 0. The van der Waals surface area contributed by atoms with Crippen molar-refractivity contribution >= 4 is 17.2 Å². The largest absolute Gasteiger partial charge is 0.504 e. The van der Waals surface area contributed by atoms with Crippen LogP contribution in [-0.2, 0) is 4.79 Å². The van der Waals surface area contributed by atoms with Crippen molar-refractivity contribution in [3.63, 3.8) is 0 Å². The van der Waals surface area contributed by atoms with E-state index in [9.17, 15) is 9.90 Å². The van der Waals surface area contributed by atoms with Crippen LogP contribution in [0.25, 0.3) is 0 Å². The van der Waals surface area contributed by atoms with E-state index in [0.29, 0.717) is 12.2 Å². The van der Waals surface area contributed by atoms with Gasteiger partial charge in [-0.1, -0.05) is 26.0 Å². The number of allylic oxidation sites excluding steroid dienone is 1. The van der Waals surface area contributed by atoms with Gasteiger partial charge in [0.05, 0.1) is 24.5 Å². The Bertz CT molecular complexity index is 991. The predicted octanol–water partition coefficient (Wildman–Crippen LogP) is 4.93. The highest BCUT2D eigenvalue weighted by molar-refractivity contribution is 6.01. The molecule has 1 atom stereocenters. The molecular weight excluding hydrogens is 352 g/mol. The molecule has 0 saturated heterocycles. The molecule has 3 N–H and O–H groups in total. The maximum atomic E-state index is 13.2. The van der Waals surface area contributed by atoms with Crippen LogP contribution in [0.15, 0.2) is 47.7 Å². The smallest absolute Gasteiger partial charge is 0.163 e. The quantitative estimate of drug-likeness (QED) is 0.691. The zero-order chi connectivity index (χ0) is 20.1. The summed E-state index contributed by atoms with van der Waals surface area (Å²) in [5.74, 6) is 0.624. The normalized spacial score (nSPS) is 20.4. The number of fused-ring (bicyclic) bond motifs is 1. The van der Waals surface area contributed by atoms with Gasteiger partial charge in [-0.15, -0.1) is 0 Å². The summed E-state index contributed by atoms with van der Waals surface area (Å²) in [6.45, 7) is 6.31. The third-order valence-electron chi connectivity index (χ3n) is 5.51. The van der Waals surface area contributed by atoms with Crippen LogP contribution in [0, 0.1) is 12.3 Å². The van der Waals surface area contributed by atoms with Crippen molar-refractivity contribution in [1.29, 1.82) is 0 Å². The second-order valence-electron chi connectivity index (χ2n) is 8.52. The summed E-state index contributed by atoms with van der Waals surface area (Å²) in [7, 11) is 1.53. The van der Waals surface area contributed by atoms with E-state index in [2.05, 4.69) is 36.6 Å². The first-order valence-electron chi connectivity index (χ1n) is 9.55. The number of methoxy groups -OCH3 is 1. The van der Waals surface area contributed by atoms with Crippen molar-refractivity contribution < 1.29 is 14.6 Å². The summed E-state index contributed by atoms with van der Waals surface area (Å²) in [5, 5.41) is 17.1. The number of hydrogen-bond donors (Lipinski definition) is 3. The molecule has 0 unspecified atom stereocenters. The lowest BCUT2D eigenvalue weighted by Crippen LogP contribution is -2.31. The number of aromatic hydroxyl groups is 1. The molecule has 2 aromatic rings. The van der Waals surface area contributed by atoms with Crippen LogP contribution in [0.1, 0.15) is 43.9 Å². The third kappa shape index (κ3) is 3.21. The van der Waals surface area contributed by atoms with Crippen LogP contribution in [0.5, 0.6) is 11.5 Å². The number of aryl methyl sites for hydroxylation is 1.